The van der Waals surface area contributed by atoms with Crippen LogP contribution in [0, 0.1) is 0 Å². The van der Waals surface area contributed by atoms with Crippen molar-refractivity contribution in [3.63, 3.8) is 0 Å². The molecule has 1 atom stereocenters. The second-order valence-electron chi connectivity index (χ2n) is 8.51. The Morgan fingerprint density at radius 1 is 0.811 bits per heavy atom. The summed E-state index contributed by atoms with van der Waals surface area (Å²) in [5, 5.41) is 5.34. The molecule has 3 aromatic rings. The molecule has 37 heavy (non-hydrogen) atoms. The van der Waals surface area contributed by atoms with E-state index in [0.29, 0.717) is 19.6 Å². The molecule has 7 heteroatoms. The monoisotopic (exact) mass is 518 g/mol. The van der Waals surface area contributed by atoms with Crippen LogP contribution < -0.4 is 10.6 Å². The quantitative estimate of drug-likeness (QED) is 0.202. The summed E-state index contributed by atoms with van der Waals surface area (Å²) in [6, 6.07) is 27.2. The van der Waals surface area contributed by atoms with Crippen LogP contribution in [0.5, 0.6) is 0 Å². The number of amides is 2. The first-order valence-electron chi connectivity index (χ1n) is 12.6. The largest absolute Gasteiger partial charge is 0.465 e. The van der Waals surface area contributed by atoms with Crippen molar-refractivity contribution in [1.82, 2.24) is 5.32 Å². The highest BCUT2D eigenvalue weighted by Crippen LogP contribution is 2.30. The fraction of sp³-hybridized carbons (Fsp3) is 0.300. The maximum atomic E-state index is 12.3. The molecule has 6 nitrogen and oxygen atoms in total. The van der Waals surface area contributed by atoms with Gasteiger partial charge in [0, 0.05) is 18.7 Å². The number of anilines is 1. The van der Waals surface area contributed by atoms with E-state index in [-0.39, 0.29) is 23.5 Å². The topological polar surface area (TPSA) is 84.5 Å². The van der Waals surface area contributed by atoms with Crippen molar-refractivity contribution < 1.29 is 19.1 Å². The summed E-state index contributed by atoms with van der Waals surface area (Å²) in [5.41, 5.74) is 3.77. The maximum absolute atomic E-state index is 12.3. The number of hydrogen-bond donors (Lipinski definition) is 2. The Labute approximate surface area is 223 Å². The van der Waals surface area contributed by atoms with E-state index in [9.17, 15) is 14.4 Å². The van der Waals surface area contributed by atoms with Gasteiger partial charge in [-0.3, -0.25) is 14.4 Å². The first-order valence-corrected chi connectivity index (χ1v) is 13.7. The zero-order valence-electron chi connectivity index (χ0n) is 21.2. The van der Waals surface area contributed by atoms with E-state index in [1.807, 2.05) is 84.9 Å². The van der Waals surface area contributed by atoms with Gasteiger partial charge in [0.15, 0.2) is 0 Å². The molecule has 3 rings (SSSR count). The number of unbranched alkanes of at least 4 members (excludes halogenated alkanes) is 2. The molecular weight excluding hydrogens is 484 g/mol. The number of ether oxygens (including phenoxy) is 1. The number of thioether (sulfide) groups is 1. The molecule has 0 heterocycles. The van der Waals surface area contributed by atoms with Gasteiger partial charge in [0.25, 0.3) is 0 Å². The summed E-state index contributed by atoms with van der Waals surface area (Å²) in [4.78, 5) is 37.0. The predicted molar refractivity (Wildman–Crippen MR) is 150 cm³/mol. The summed E-state index contributed by atoms with van der Waals surface area (Å²) in [5.74, 6) is -0.303. The molecule has 0 spiro atoms. The Kier molecular flexibility index (Phi) is 11.7. The molecule has 0 saturated heterocycles. The molecule has 0 aliphatic rings. The number of esters is 1. The lowest BCUT2D eigenvalue weighted by atomic mass is 10.1. The molecule has 0 bridgehead atoms. The summed E-state index contributed by atoms with van der Waals surface area (Å²) >= 11 is 1.26. The van der Waals surface area contributed by atoms with Gasteiger partial charge >= 0.3 is 5.97 Å². The van der Waals surface area contributed by atoms with Gasteiger partial charge in [-0.1, -0.05) is 79.2 Å². The van der Waals surface area contributed by atoms with Crippen molar-refractivity contribution in [2.45, 2.75) is 37.9 Å². The van der Waals surface area contributed by atoms with Crippen molar-refractivity contribution in [3.05, 3.63) is 90.5 Å². The summed E-state index contributed by atoms with van der Waals surface area (Å²) < 4.78 is 5.17. The van der Waals surface area contributed by atoms with Crippen LogP contribution in [-0.2, 0) is 19.1 Å². The minimum Gasteiger partial charge on any atom is -0.465 e. The van der Waals surface area contributed by atoms with Crippen LogP contribution in [0.2, 0.25) is 0 Å². The summed E-state index contributed by atoms with van der Waals surface area (Å²) in [6.07, 6.45) is 2.79. The molecule has 0 aliphatic carbocycles. The highest BCUT2D eigenvalue weighted by atomic mass is 32.2. The molecule has 194 valence electrons. The SMILES string of the molecule is CCOC(=O)C(SCC(=O)NCCCCCC(=O)Nc1cccc(-c2ccccc2)c1)c1ccccc1. The molecule has 1 unspecified atom stereocenters. The van der Waals surface area contributed by atoms with Gasteiger partial charge in [0.2, 0.25) is 11.8 Å². The first-order chi connectivity index (χ1) is 18.1. The third-order valence-corrected chi connectivity index (χ3v) is 6.87. The molecule has 0 aliphatic heterocycles. The van der Waals surface area contributed by atoms with Gasteiger partial charge in [-0.15, -0.1) is 11.8 Å². The zero-order chi connectivity index (χ0) is 26.3. The number of carbonyl (C=O) groups excluding carboxylic acids is 3. The van der Waals surface area contributed by atoms with Gasteiger partial charge in [-0.05, 0) is 48.6 Å². The average Bonchev–Trinajstić information content (AvgIpc) is 2.92. The third-order valence-electron chi connectivity index (χ3n) is 5.64. The number of rotatable bonds is 14. The van der Waals surface area contributed by atoms with Gasteiger partial charge in [-0.2, -0.15) is 0 Å². The molecule has 3 aromatic carbocycles. The Bertz CT molecular complexity index is 1140. The van der Waals surface area contributed by atoms with Gasteiger partial charge < -0.3 is 15.4 Å². The molecule has 0 aromatic heterocycles. The van der Waals surface area contributed by atoms with E-state index >= 15 is 0 Å². The summed E-state index contributed by atoms with van der Waals surface area (Å²) in [6.45, 7) is 2.60. The van der Waals surface area contributed by atoms with Crippen LogP contribution in [0.25, 0.3) is 11.1 Å². The van der Waals surface area contributed by atoms with Gasteiger partial charge in [0.1, 0.15) is 5.25 Å². The number of benzene rings is 3. The van der Waals surface area contributed by atoms with E-state index < -0.39 is 5.25 Å². The molecule has 0 radical (unpaired) electrons. The minimum atomic E-state index is -0.529. The molecule has 0 fully saturated rings. The fourth-order valence-electron chi connectivity index (χ4n) is 3.80. The maximum Gasteiger partial charge on any atom is 0.323 e. The first kappa shape index (κ1) is 28.0. The van der Waals surface area contributed by atoms with Crippen LogP contribution in [-0.4, -0.2) is 36.7 Å². The minimum absolute atomic E-state index is 0.0171. The number of hydrogen-bond acceptors (Lipinski definition) is 5. The predicted octanol–water partition coefficient (Wildman–Crippen LogP) is 6.01. The molecule has 2 N–H and O–H groups in total. The Morgan fingerprint density at radius 3 is 2.24 bits per heavy atom. The van der Waals surface area contributed by atoms with E-state index in [1.54, 1.807) is 6.92 Å². The highest BCUT2D eigenvalue weighted by Gasteiger charge is 2.23. The standard InChI is InChI=1S/C30H34N2O4S/c1-2-36-30(35)29(24-15-8-4-9-16-24)37-22-28(34)31-20-11-5-10-19-27(33)32-26-18-12-17-25(21-26)23-13-6-3-7-14-23/h3-4,6-9,12-18,21,29H,2,5,10-11,19-20,22H2,1H3,(H,31,34)(H,32,33). The van der Waals surface area contributed by atoms with Crippen LogP contribution >= 0.6 is 11.8 Å². The normalized spacial score (nSPS) is 11.4. The highest BCUT2D eigenvalue weighted by molar-refractivity contribution is 8.00. The van der Waals surface area contributed by atoms with E-state index in [0.717, 1.165) is 41.6 Å². The van der Waals surface area contributed by atoms with Crippen molar-refractivity contribution in [2.24, 2.45) is 0 Å². The number of carbonyl (C=O) groups is 3. The second kappa shape index (κ2) is 15.5. The lowest BCUT2D eigenvalue weighted by Crippen LogP contribution is -2.27. The lowest BCUT2D eigenvalue weighted by Gasteiger charge is -2.15. The lowest BCUT2D eigenvalue weighted by molar-refractivity contribution is -0.142. The second-order valence-corrected chi connectivity index (χ2v) is 9.60. The van der Waals surface area contributed by atoms with Gasteiger partial charge in [-0.25, -0.2) is 0 Å². The van der Waals surface area contributed by atoms with Crippen LogP contribution in [0.4, 0.5) is 5.69 Å². The third kappa shape index (κ3) is 9.77. The van der Waals surface area contributed by atoms with Crippen molar-refractivity contribution in [1.29, 1.82) is 0 Å². The Balaban J connectivity index is 1.32. The molecule has 2 amide bonds. The van der Waals surface area contributed by atoms with Crippen LogP contribution in [0.15, 0.2) is 84.9 Å². The fourth-order valence-corrected chi connectivity index (χ4v) is 4.78. The van der Waals surface area contributed by atoms with Crippen LogP contribution in [0.1, 0.15) is 43.4 Å². The Hall–Kier alpha value is -3.58. The van der Waals surface area contributed by atoms with Crippen molar-refractivity contribution in [3.8, 4) is 11.1 Å². The zero-order valence-corrected chi connectivity index (χ0v) is 22.0. The average molecular weight is 519 g/mol. The van der Waals surface area contributed by atoms with E-state index in [2.05, 4.69) is 10.6 Å². The van der Waals surface area contributed by atoms with Crippen molar-refractivity contribution in [2.75, 3.05) is 24.2 Å². The van der Waals surface area contributed by atoms with Gasteiger partial charge in [0.05, 0.1) is 12.4 Å². The number of nitrogens with one attached hydrogen (secondary N) is 2. The van der Waals surface area contributed by atoms with Crippen LogP contribution in [0.3, 0.4) is 0 Å². The Morgan fingerprint density at radius 2 is 1.51 bits per heavy atom. The van der Waals surface area contributed by atoms with E-state index in [1.165, 1.54) is 11.8 Å². The van der Waals surface area contributed by atoms with Crippen molar-refractivity contribution >= 4 is 35.2 Å². The molecule has 0 saturated carbocycles. The summed E-state index contributed by atoms with van der Waals surface area (Å²) in [7, 11) is 0. The smallest absolute Gasteiger partial charge is 0.323 e. The molecular formula is C30H34N2O4S. The van der Waals surface area contributed by atoms with E-state index in [4.69, 9.17) is 4.74 Å².